The van der Waals surface area contributed by atoms with Crippen molar-refractivity contribution < 1.29 is 4.74 Å². The van der Waals surface area contributed by atoms with Gasteiger partial charge in [-0.2, -0.15) is 0 Å². The predicted octanol–water partition coefficient (Wildman–Crippen LogP) is 3.97. The Balaban J connectivity index is 2.12. The number of aryl methyl sites for hydroxylation is 2. The van der Waals surface area contributed by atoms with Crippen LogP contribution >= 0.6 is 0 Å². The quantitative estimate of drug-likeness (QED) is 0.696. The topological polar surface area (TPSA) is 12.5 Å². The Labute approximate surface area is 98.8 Å². The van der Waals surface area contributed by atoms with E-state index in [2.05, 4.69) is 45.9 Å². The van der Waals surface area contributed by atoms with E-state index < -0.39 is 0 Å². The highest BCUT2D eigenvalue weighted by Crippen LogP contribution is 2.34. The zero-order valence-electron chi connectivity index (χ0n) is 10.8. The molecule has 1 aliphatic rings. The van der Waals surface area contributed by atoms with E-state index in [9.17, 15) is 0 Å². The van der Waals surface area contributed by atoms with Crippen molar-refractivity contribution in [1.29, 1.82) is 0 Å². The summed E-state index contributed by atoms with van der Waals surface area (Å²) in [4.78, 5) is 0. The van der Waals surface area contributed by atoms with Crippen LogP contribution < -0.4 is 0 Å². The zero-order chi connectivity index (χ0) is 11.7. The maximum Gasteiger partial charge on any atom is 0.0844 e. The highest BCUT2D eigenvalue weighted by Gasteiger charge is 2.35. The summed E-state index contributed by atoms with van der Waals surface area (Å²) in [6.45, 7) is 8.80. The molecule has 0 saturated carbocycles. The van der Waals surface area contributed by atoms with Gasteiger partial charge in [0, 0.05) is 0 Å². The van der Waals surface area contributed by atoms with Gasteiger partial charge in [0.25, 0.3) is 0 Å². The zero-order valence-corrected chi connectivity index (χ0v) is 10.8. The molecule has 1 saturated heterocycles. The summed E-state index contributed by atoms with van der Waals surface area (Å²) in [7, 11) is 0. The second-order valence-corrected chi connectivity index (χ2v) is 5.14. The average Bonchev–Trinajstić information content (AvgIpc) is 2.89. The second-order valence-electron chi connectivity index (χ2n) is 5.14. The van der Waals surface area contributed by atoms with Crippen LogP contribution in [0.4, 0.5) is 0 Å². The predicted molar refractivity (Wildman–Crippen MR) is 67.9 cm³/mol. The lowest BCUT2D eigenvalue weighted by Crippen LogP contribution is -2.03. The Kier molecular flexibility index (Phi) is 3.34. The van der Waals surface area contributed by atoms with Crippen molar-refractivity contribution in [2.75, 3.05) is 0 Å². The van der Waals surface area contributed by atoms with E-state index in [1.165, 1.54) is 29.5 Å². The highest BCUT2D eigenvalue weighted by atomic mass is 16.6. The van der Waals surface area contributed by atoms with Crippen LogP contribution in [0.3, 0.4) is 0 Å². The van der Waals surface area contributed by atoms with E-state index in [1.807, 2.05) is 0 Å². The molecule has 0 aromatic heterocycles. The summed E-state index contributed by atoms with van der Waals surface area (Å²) in [6, 6.07) is 6.90. The fourth-order valence-electron chi connectivity index (χ4n) is 2.54. The van der Waals surface area contributed by atoms with Gasteiger partial charge >= 0.3 is 0 Å². The van der Waals surface area contributed by atoms with Crippen molar-refractivity contribution in [3.05, 3.63) is 34.9 Å². The lowest BCUT2D eigenvalue weighted by molar-refractivity contribution is 0.357. The summed E-state index contributed by atoms with van der Waals surface area (Å²) >= 11 is 0. The van der Waals surface area contributed by atoms with Gasteiger partial charge in [-0.25, -0.2) is 0 Å². The first-order chi connectivity index (χ1) is 7.60. The van der Waals surface area contributed by atoms with E-state index in [0.717, 1.165) is 0 Å². The SMILES string of the molecule is CCC(CC1OC1C)c1cc(C)cc(C)c1. The van der Waals surface area contributed by atoms with Crippen LogP contribution in [0.1, 0.15) is 49.3 Å². The third-order valence-electron chi connectivity index (χ3n) is 3.56. The maximum absolute atomic E-state index is 5.53. The average molecular weight is 218 g/mol. The van der Waals surface area contributed by atoms with Gasteiger partial charge in [-0.05, 0) is 45.1 Å². The Morgan fingerprint density at radius 2 is 1.75 bits per heavy atom. The Bertz CT molecular complexity index is 349. The lowest BCUT2D eigenvalue weighted by atomic mass is 9.89. The minimum absolute atomic E-state index is 0.486. The fourth-order valence-corrected chi connectivity index (χ4v) is 2.54. The van der Waals surface area contributed by atoms with Crippen LogP contribution in [-0.2, 0) is 4.74 Å². The molecule has 0 aliphatic carbocycles. The van der Waals surface area contributed by atoms with E-state index in [-0.39, 0.29) is 0 Å². The van der Waals surface area contributed by atoms with Crippen LogP contribution in [-0.4, -0.2) is 12.2 Å². The second kappa shape index (κ2) is 4.58. The molecule has 3 unspecified atom stereocenters. The van der Waals surface area contributed by atoms with Crippen LogP contribution in [0.5, 0.6) is 0 Å². The Morgan fingerprint density at radius 1 is 1.19 bits per heavy atom. The number of epoxide rings is 1. The van der Waals surface area contributed by atoms with Crippen molar-refractivity contribution in [3.63, 3.8) is 0 Å². The minimum Gasteiger partial charge on any atom is -0.370 e. The summed E-state index contributed by atoms with van der Waals surface area (Å²) < 4.78 is 5.53. The molecule has 16 heavy (non-hydrogen) atoms. The molecule has 1 heteroatoms. The molecule has 1 heterocycles. The molecule has 0 radical (unpaired) electrons. The van der Waals surface area contributed by atoms with Gasteiger partial charge in [-0.1, -0.05) is 36.2 Å². The van der Waals surface area contributed by atoms with Crippen molar-refractivity contribution in [1.82, 2.24) is 0 Å². The molecular formula is C15H22O. The fraction of sp³-hybridized carbons (Fsp3) is 0.600. The van der Waals surface area contributed by atoms with Gasteiger partial charge in [0.1, 0.15) is 0 Å². The standard InChI is InChI=1S/C15H22O/c1-5-13(9-15-12(4)16-15)14-7-10(2)6-11(3)8-14/h6-8,12-13,15H,5,9H2,1-4H3. The van der Waals surface area contributed by atoms with E-state index >= 15 is 0 Å². The normalized spacial score (nSPS) is 25.5. The van der Waals surface area contributed by atoms with Crippen molar-refractivity contribution >= 4 is 0 Å². The van der Waals surface area contributed by atoms with Gasteiger partial charge < -0.3 is 4.74 Å². The summed E-state index contributed by atoms with van der Waals surface area (Å²) in [6.07, 6.45) is 3.38. The summed E-state index contributed by atoms with van der Waals surface area (Å²) in [5, 5.41) is 0. The molecule has 0 amide bonds. The molecule has 88 valence electrons. The van der Waals surface area contributed by atoms with Gasteiger partial charge in [0.15, 0.2) is 0 Å². The first-order valence-electron chi connectivity index (χ1n) is 6.33. The highest BCUT2D eigenvalue weighted by molar-refractivity contribution is 5.31. The molecule has 1 fully saturated rings. The van der Waals surface area contributed by atoms with Crippen LogP contribution in [0.15, 0.2) is 18.2 Å². The molecular weight excluding hydrogens is 196 g/mol. The van der Waals surface area contributed by atoms with Gasteiger partial charge in [0.05, 0.1) is 12.2 Å². The van der Waals surface area contributed by atoms with Crippen LogP contribution in [0.25, 0.3) is 0 Å². The third kappa shape index (κ3) is 2.65. The van der Waals surface area contributed by atoms with E-state index in [0.29, 0.717) is 18.1 Å². The molecule has 0 spiro atoms. The maximum atomic E-state index is 5.53. The van der Waals surface area contributed by atoms with Gasteiger partial charge in [-0.15, -0.1) is 0 Å². The Hall–Kier alpha value is -0.820. The van der Waals surface area contributed by atoms with Crippen LogP contribution in [0, 0.1) is 13.8 Å². The molecule has 2 rings (SSSR count). The minimum atomic E-state index is 0.486. The molecule has 3 atom stereocenters. The van der Waals surface area contributed by atoms with Crippen molar-refractivity contribution in [2.45, 2.75) is 58.7 Å². The van der Waals surface area contributed by atoms with Crippen LogP contribution in [0.2, 0.25) is 0 Å². The van der Waals surface area contributed by atoms with Gasteiger partial charge in [0.2, 0.25) is 0 Å². The van der Waals surface area contributed by atoms with E-state index in [4.69, 9.17) is 4.74 Å². The van der Waals surface area contributed by atoms with Crippen molar-refractivity contribution in [3.8, 4) is 0 Å². The lowest BCUT2D eigenvalue weighted by Gasteiger charge is -2.15. The first kappa shape index (κ1) is 11.7. The molecule has 1 aliphatic heterocycles. The van der Waals surface area contributed by atoms with Crippen molar-refractivity contribution in [2.24, 2.45) is 0 Å². The number of rotatable bonds is 4. The molecule has 1 nitrogen and oxygen atoms in total. The summed E-state index contributed by atoms with van der Waals surface area (Å²) in [5.74, 6) is 0.661. The smallest absolute Gasteiger partial charge is 0.0844 e. The monoisotopic (exact) mass is 218 g/mol. The molecule has 0 N–H and O–H groups in total. The largest absolute Gasteiger partial charge is 0.370 e. The number of hydrogen-bond acceptors (Lipinski definition) is 1. The van der Waals surface area contributed by atoms with E-state index in [1.54, 1.807) is 0 Å². The number of ether oxygens (including phenoxy) is 1. The number of hydrogen-bond donors (Lipinski definition) is 0. The Morgan fingerprint density at radius 3 is 2.19 bits per heavy atom. The molecule has 0 bridgehead atoms. The first-order valence-corrected chi connectivity index (χ1v) is 6.33. The third-order valence-corrected chi connectivity index (χ3v) is 3.56. The van der Waals surface area contributed by atoms with Gasteiger partial charge in [-0.3, -0.25) is 0 Å². The molecule has 1 aromatic carbocycles. The molecule has 1 aromatic rings. The summed E-state index contributed by atoms with van der Waals surface area (Å²) in [5.41, 5.74) is 4.24. The number of benzene rings is 1.